The predicted octanol–water partition coefficient (Wildman–Crippen LogP) is 3.86. The molecule has 0 fully saturated rings. The number of nitriles is 1. The number of nitrogens with one attached hydrogen (secondary N) is 1. The van der Waals surface area contributed by atoms with Crippen molar-refractivity contribution in [1.82, 2.24) is 4.98 Å². The molecule has 2 aromatic carbocycles. The molecule has 0 saturated carbocycles. The summed E-state index contributed by atoms with van der Waals surface area (Å²) in [6.45, 7) is 1.26. The molecule has 0 atom stereocenters. The van der Waals surface area contributed by atoms with Crippen LogP contribution in [0.25, 0.3) is 10.9 Å². The molecule has 1 aromatic heterocycles. The summed E-state index contributed by atoms with van der Waals surface area (Å²) in [5.41, 5.74) is 4.56. The van der Waals surface area contributed by atoms with Crippen molar-refractivity contribution in [3.8, 4) is 6.07 Å². The van der Waals surface area contributed by atoms with Crippen LogP contribution in [-0.2, 0) is 17.9 Å². The van der Waals surface area contributed by atoms with E-state index in [0.717, 1.165) is 27.7 Å². The summed E-state index contributed by atoms with van der Waals surface area (Å²) in [6, 6.07) is 18.3. The first-order valence-corrected chi connectivity index (χ1v) is 7.40. The number of aromatic nitrogens is 1. The molecule has 23 heavy (non-hydrogen) atoms. The summed E-state index contributed by atoms with van der Waals surface area (Å²) >= 11 is 0. The zero-order chi connectivity index (χ0) is 16.1. The third-order valence-electron chi connectivity index (χ3n) is 3.70. The first-order valence-electron chi connectivity index (χ1n) is 7.40. The molecule has 3 aromatic rings. The number of hydrogen-bond acceptors (Lipinski definition) is 4. The van der Waals surface area contributed by atoms with Crippen LogP contribution in [0.1, 0.15) is 16.7 Å². The van der Waals surface area contributed by atoms with E-state index in [-0.39, 0.29) is 0 Å². The van der Waals surface area contributed by atoms with Gasteiger partial charge in [-0.15, -0.1) is 0 Å². The first kappa shape index (κ1) is 15.0. The van der Waals surface area contributed by atoms with Crippen LogP contribution in [0.15, 0.2) is 54.7 Å². The number of hydrogen-bond donors (Lipinski definition) is 1. The van der Waals surface area contributed by atoms with Crippen molar-refractivity contribution in [1.29, 1.82) is 5.26 Å². The maximum Gasteiger partial charge on any atom is 0.103 e. The highest BCUT2D eigenvalue weighted by Crippen LogP contribution is 2.25. The maximum atomic E-state index is 9.33. The van der Waals surface area contributed by atoms with Gasteiger partial charge in [0.1, 0.15) is 6.07 Å². The van der Waals surface area contributed by atoms with Crippen molar-refractivity contribution < 1.29 is 4.74 Å². The highest BCUT2D eigenvalue weighted by Gasteiger charge is 2.08. The molecule has 0 aliphatic rings. The molecule has 0 bridgehead atoms. The molecule has 0 amide bonds. The Kier molecular flexibility index (Phi) is 4.51. The fraction of sp³-hybridized carbons (Fsp3) is 0.158. The van der Waals surface area contributed by atoms with Crippen LogP contribution < -0.4 is 5.32 Å². The molecular weight excluding hydrogens is 286 g/mol. The SMILES string of the molecule is COCc1ccc(CNc2c(C#N)cnc3ccccc23)cc1. The van der Waals surface area contributed by atoms with Crippen LogP contribution in [0.5, 0.6) is 0 Å². The van der Waals surface area contributed by atoms with Gasteiger partial charge in [-0.1, -0.05) is 42.5 Å². The van der Waals surface area contributed by atoms with Crippen molar-refractivity contribution in [2.75, 3.05) is 12.4 Å². The van der Waals surface area contributed by atoms with Crippen LogP contribution in [0.4, 0.5) is 5.69 Å². The van der Waals surface area contributed by atoms with E-state index in [2.05, 4.69) is 40.6 Å². The number of para-hydroxylation sites is 1. The van der Waals surface area contributed by atoms with Crippen molar-refractivity contribution >= 4 is 16.6 Å². The lowest BCUT2D eigenvalue weighted by atomic mass is 10.1. The lowest BCUT2D eigenvalue weighted by Crippen LogP contribution is -2.03. The van der Waals surface area contributed by atoms with Gasteiger partial charge in [-0.05, 0) is 17.2 Å². The van der Waals surface area contributed by atoms with E-state index < -0.39 is 0 Å². The van der Waals surface area contributed by atoms with E-state index in [1.807, 2.05) is 24.3 Å². The van der Waals surface area contributed by atoms with Gasteiger partial charge >= 0.3 is 0 Å². The van der Waals surface area contributed by atoms with Crippen molar-refractivity contribution in [2.45, 2.75) is 13.2 Å². The minimum absolute atomic E-state index is 0.555. The Labute approximate surface area is 135 Å². The molecule has 0 unspecified atom stereocenters. The predicted molar refractivity (Wildman–Crippen MR) is 90.9 cm³/mol. The second-order valence-corrected chi connectivity index (χ2v) is 5.28. The molecule has 0 spiro atoms. The standard InChI is InChI=1S/C19H17N3O/c1-23-13-15-8-6-14(7-9-15)11-22-19-16(10-20)12-21-18-5-3-2-4-17(18)19/h2-9,12H,11,13H2,1H3,(H,21,22). The summed E-state index contributed by atoms with van der Waals surface area (Å²) in [5.74, 6) is 0. The van der Waals surface area contributed by atoms with Crippen LogP contribution in [0.3, 0.4) is 0 Å². The number of nitrogens with zero attached hydrogens (tertiary/aromatic N) is 2. The van der Waals surface area contributed by atoms with Crippen LogP contribution in [0.2, 0.25) is 0 Å². The lowest BCUT2D eigenvalue weighted by Gasteiger charge is -2.11. The molecule has 0 saturated heterocycles. The monoisotopic (exact) mass is 303 g/mol. The fourth-order valence-electron chi connectivity index (χ4n) is 2.53. The van der Waals surface area contributed by atoms with E-state index in [1.165, 1.54) is 0 Å². The molecule has 0 aliphatic carbocycles. The second-order valence-electron chi connectivity index (χ2n) is 5.28. The molecular formula is C19H17N3O. The smallest absolute Gasteiger partial charge is 0.103 e. The molecule has 0 radical (unpaired) electrons. The Bertz CT molecular complexity index is 851. The zero-order valence-corrected chi connectivity index (χ0v) is 12.9. The number of methoxy groups -OCH3 is 1. The Hall–Kier alpha value is -2.90. The molecule has 1 N–H and O–H groups in total. The number of ether oxygens (including phenoxy) is 1. The molecule has 1 heterocycles. The molecule has 4 heteroatoms. The van der Waals surface area contributed by atoms with Gasteiger partial charge in [0.25, 0.3) is 0 Å². The average molecular weight is 303 g/mol. The Morgan fingerprint density at radius 3 is 2.57 bits per heavy atom. The van der Waals surface area contributed by atoms with E-state index in [4.69, 9.17) is 4.74 Å². The normalized spacial score (nSPS) is 10.4. The van der Waals surface area contributed by atoms with Crippen LogP contribution in [0, 0.1) is 11.3 Å². The number of pyridine rings is 1. The Balaban J connectivity index is 1.85. The lowest BCUT2D eigenvalue weighted by molar-refractivity contribution is 0.185. The van der Waals surface area contributed by atoms with Gasteiger partial charge in [0.05, 0.1) is 23.4 Å². The Morgan fingerprint density at radius 1 is 1.09 bits per heavy atom. The molecule has 0 aliphatic heterocycles. The number of benzene rings is 2. The molecule has 114 valence electrons. The van der Waals surface area contributed by atoms with E-state index in [9.17, 15) is 5.26 Å². The highest BCUT2D eigenvalue weighted by atomic mass is 16.5. The van der Waals surface area contributed by atoms with Gasteiger partial charge in [0, 0.05) is 25.2 Å². The summed E-state index contributed by atoms with van der Waals surface area (Å²) in [6.07, 6.45) is 1.62. The van der Waals surface area contributed by atoms with Crippen LogP contribution in [-0.4, -0.2) is 12.1 Å². The minimum Gasteiger partial charge on any atom is -0.380 e. The van der Waals surface area contributed by atoms with Gasteiger partial charge in [0.15, 0.2) is 0 Å². The summed E-state index contributed by atoms with van der Waals surface area (Å²) in [5, 5.41) is 13.7. The fourth-order valence-corrected chi connectivity index (χ4v) is 2.53. The molecule has 4 nitrogen and oxygen atoms in total. The van der Waals surface area contributed by atoms with Crippen LogP contribution >= 0.6 is 0 Å². The summed E-state index contributed by atoms with van der Waals surface area (Å²) < 4.78 is 5.12. The van der Waals surface area contributed by atoms with Crippen molar-refractivity contribution in [3.63, 3.8) is 0 Å². The number of fused-ring (bicyclic) bond motifs is 1. The quantitative estimate of drug-likeness (QED) is 0.777. The van der Waals surface area contributed by atoms with E-state index in [0.29, 0.717) is 18.7 Å². The molecule has 3 rings (SSSR count). The number of rotatable bonds is 5. The summed E-state index contributed by atoms with van der Waals surface area (Å²) in [7, 11) is 1.69. The maximum absolute atomic E-state index is 9.33. The van der Waals surface area contributed by atoms with Gasteiger partial charge in [-0.3, -0.25) is 4.98 Å². The first-order chi connectivity index (χ1) is 11.3. The Morgan fingerprint density at radius 2 is 1.83 bits per heavy atom. The minimum atomic E-state index is 0.555. The van der Waals surface area contributed by atoms with Crippen molar-refractivity contribution in [3.05, 3.63) is 71.4 Å². The zero-order valence-electron chi connectivity index (χ0n) is 12.9. The van der Waals surface area contributed by atoms with E-state index in [1.54, 1.807) is 13.3 Å². The van der Waals surface area contributed by atoms with Gasteiger partial charge < -0.3 is 10.1 Å². The third-order valence-corrected chi connectivity index (χ3v) is 3.70. The summed E-state index contributed by atoms with van der Waals surface area (Å²) in [4.78, 5) is 4.32. The largest absolute Gasteiger partial charge is 0.380 e. The van der Waals surface area contributed by atoms with Gasteiger partial charge in [-0.2, -0.15) is 5.26 Å². The average Bonchev–Trinajstić information content (AvgIpc) is 2.61. The highest BCUT2D eigenvalue weighted by molar-refractivity contribution is 5.93. The van der Waals surface area contributed by atoms with Crippen molar-refractivity contribution in [2.24, 2.45) is 0 Å². The van der Waals surface area contributed by atoms with Gasteiger partial charge in [-0.25, -0.2) is 0 Å². The third kappa shape index (κ3) is 3.31. The second kappa shape index (κ2) is 6.91. The topological polar surface area (TPSA) is 57.9 Å². The number of anilines is 1. The van der Waals surface area contributed by atoms with E-state index >= 15 is 0 Å². The van der Waals surface area contributed by atoms with Gasteiger partial charge in [0.2, 0.25) is 0 Å².